The zero-order valence-electron chi connectivity index (χ0n) is 19.7. The first-order chi connectivity index (χ1) is 16.4. The first kappa shape index (κ1) is 26.3. The van der Waals surface area contributed by atoms with E-state index in [1.807, 2.05) is 39.8 Å². The van der Waals surface area contributed by atoms with Crippen LogP contribution in [0.4, 0.5) is 23.7 Å². The molecule has 1 N–H and O–H groups in total. The number of nitrogens with one attached hydrogen (secondary N) is 1. The number of hydrogen-bond donors (Lipinski definition) is 1. The van der Waals surface area contributed by atoms with Crippen molar-refractivity contribution < 1.29 is 32.3 Å². The summed E-state index contributed by atoms with van der Waals surface area (Å²) in [5.41, 5.74) is 1.56. The summed E-state index contributed by atoms with van der Waals surface area (Å²) in [4.78, 5) is 38.6. The largest absolute Gasteiger partial charge is 0.494 e. The van der Waals surface area contributed by atoms with E-state index < -0.39 is 35.3 Å². The van der Waals surface area contributed by atoms with Crippen LogP contribution in [0.25, 0.3) is 6.08 Å². The molecule has 0 aliphatic carbocycles. The minimum atomic E-state index is -4.56. The molecule has 1 fully saturated rings. The Labute approximate surface area is 205 Å². The third kappa shape index (κ3) is 6.25. The van der Waals surface area contributed by atoms with Crippen LogP contribution < -0.4 is 10.1 Å². The summed E-state index contributed by atoms with van der Waals surface area (Å²) < 4.78 is 44.4. The second kappa shape index (κ2) is 10.6. The number of ether oxygens (including phenoxy) is 1. The van der Waals surface area contributed by atoms with Gasteiger partial charge in [0.15, 0.2) is 0 Å². The molecule has 10 heteroatoms. The summed E-state index contributed by atoms with van der Waals surface area (Å²) in [7, 11) is 0. The van der Waals surface area contributed by atoms with Crippen LogP contribution in [0, 0.1) is 6.92 Å². The predicted molar refractivity (Wildman–Crippen MR) is 129 cm³/mol. The smallest absolute Gasteiger partial charge is 0.416 e. The number of rotatable bonds is 7. The van der Waals surface area contributed by atoms with Crippen LogP contribution in [0.1, 0.15) is 48.9 Å². The Morgan fingerprint density at radius 3 is 2.54 bits per heavy atom. The maximum absolute atomic E-state index is 12.9. The second-order valence-corrected chi connectivity index (χ2v) is 9.22. The van der Waals surface area contributed by atoms with Gasteiger partial charge >= 0.3 is 6.18 Å². The highest BCUT2D eigenvalue weighted by atomic mass is 32.2. The molecule has 1 saturated heterocycles. The average molecular weight is 507 g/mol. The van der Waals surface area contributed by atoms with Gasteiger partial charge in [-0.1, -0.05) is 19.9 Å². The third-order valence-electron chi connectivity index (χ3n) is 5.26. The maximum atomic E-state index is 12.9. The Hall–Kier alpha value is -3.27. The van der Waals surface area contributed by atoms with Gasteiger partial charge in [-0.25, -0.2) is 0 Å². The number of benzene rings is 2. The van der Waals surface area contributed by atoms with Crippen LogP contribution in [0.15, 0.2) is 41.3 Å². The van der Waals surface area contributed by atoms with E-state index in [0.717, 1.165) is 45.5 Å². The molecule has 35 heavy (non-hydrogen) atoms. The van der Waals surface area contributed by atoms with Gasteiger partial charge in [-0.3, -0.25) is 19.3 Å². The summed E-state index contributed by atoms with van der Waals surface area (Å²) in [6, 6.07) is 7.92. The average Bonchev–Trinajstić information content (AvgIpc) is 3.02. The lowest BCUT2D eigenvalue weighted by Crippen LogP contribution is -2.36. The fourth-order valence-corrected chi connectivity index (χ4v) is 4.33. The van der Waals surface area contributed by atoms with Crippen LogP contribution in [-0.2, 0) is 15.8 Å². The summed E-state index contributed by atoms with van der Waals surface area (Å²) in [6.45, 7) is 7.71. The van der Waals surface area contributed by atoms with E-state index >= 15 is 0 Å². The van der Waals surface area contributed by atoms with E-state index in [2.05, 4.69) is 5.32 Å². The van der Waals surface area contributed by atoms with E-state index in [9.17, 15) is 27.6 Å². The normalized spacial score (nSPS) is 15.3. The number of aryl methyl sites for hydroxylation is 1. The molecule has 2 aromatic rings. The number of amides is 3. The quantitative estimate of drug-likeness (QED) is 0.452. The molecular formula is C25H25F3N2O4S. The second-order valence-electron chi connectivity index (χ2n) is 8.23. The summed E-state index contributed by atoms with van der Waals surface area (Å²) in [6.07, 6.45) is -2.96. The standard InChI is InChI=1S/C25H25F3N2O4S/c1-5-34-20-9-15(4)16(10-19(20)14(2)3)11-21-23(32)30(24(33)35-21)13-22(31)29-18-8-6-7-17(12-18)25(26,27)28/h6-12,14H,5,13H2,1-4H3,(H,29,31)/b21-11-. The zero-order valence-corrected chi connectivity index (χ0v) is 20.5. The number of carbonyl (C=O) groups excluding carboxylic acids is 3. The van der Waals surface area contributed by atoms with Crippen molar-refractivity contribution in [3.05, 3.63) is 63.6 Å². The van der Waals surface area contributed by atoms with Crippen LogP contribution >= 0.6 is 11.8 Å². The van der Waals surface area contributed by atoms with Gasteiger partial charge in [-0.2, -0.15) is 13.2 Å². The van der Waals surface area contributed by atoms with Crippen molar-refractivity contribution in [2.24, 2.45) is 0 Å². The molecule has 3 amide bonds. The number of hydrogen-bond acceptors (Lipinski definition) is 5. The summed E-state index contributed by atoms with van der Waals surface area (Å²) in [5, 5.41) is 1.68. The molecule has 3 rings (SSSR count). The van der Waals surface area contributed by atoms with Gasteiger partial charge in [-0.15, -0.1) is 0 Å². The number of nitrogens with zero attached hydrogens (tertiary/aromatic N) is 1. The third-order valence-corrected chi connectivity index (χ3v) is 6.16. The minimum absolute atomic E-state index is 0.0847. The topological polar surface area (TPSA) is 75.7 Å². The SMILES string of the molecule is CCOc1cc(C)c(/C=C2\SC(=O)N(CC(=O)Nc3cccc(C(F)(F)F)c3)C2=O)cc1C(C)C. The van der Waals surface area contributed by atoms with Crippen LogP contribution in [0.2, 0.25) is 0 Å². The Bertz CT molecular complexity index is 1190. The zero-order chi connectivity index (χ0) is 25.9. The lowest BCUT2D eigenvalue weighted by atomic mass is 9.96. The Balaban J connectivity index is 1.77. The van der Waals surface area contributed by atoms with Crippen LogP contribution in [0.5, 0.6) is 5.75 Å². The van der Waals surface area contributed by atoms with Gasteiger partial charge in [0, 0.05) is 5.69 Å². The van der Waals surface area contributed by atoms with Gasteiger partial charge < -0.3 is 10.1 Å². The van der Waals surface area contributed by atoms with Gasteiger partial charge in [0.1, 0.15) is 12.3 Å². The molecule has 0 saturated carbocycles. The van der Waals surface area contributed by atoms with Crippen molar-refractivity contribution in [1.82, 2.24) is 4.90 Å². The van der Waals surface area contributed by atoms with Crippen LogP contribution in [0.3, 0.4) is 0 Å². The fourth-order valence-electron chi connectivity index (χ4n) is 3.50. The lowest BCUT2D eigenvalue weighted by molar-refractivity contribution is -0.137. The van der Waals surface area contributed by atoms with Crippen molar-refractivity contribution in [1.29, 1.82) is 0 Å². The number of thioether (sulfide) groups is 1. The lowest BCUT2D eigenvalue weighted by Gasteiger charge is -2.16. The molecule has 0 atom stereocenters. The van der Waals surface area contributed by atoms with Gasteiger partial charge in [0.2, 0.25) is 5.91 Å². The van der Waals surface area contributed by atoms with Gasteiger partial charge in [0.05, 0.1) is 17.1 Å². The molecule has 1 aliphatic heterocycles. The molecule has 2 aromatic carbocycles. The molecule has 186 valence electrons. The molecular weight excluding hydrogens is 481 g/mol. The number of halogens is 3. The van der Waals surface area contributed by atoms with Crippen molar-refractivity contribution in [2.75, 3.05) is 18.5 Å². The first-order valence-electron chi connectivity index (χ1n) is 10.9. The van der Waals surface area contributed by atoms with Gasteiger partial charge in [-0.05, 0) is 84.6 Å². The Kier molecular flexibility index (Phi) is 7.94. The molecule has 1 aliphatic rings. The summed E-state index contributed by atoms with van der Waals surface area (Å²) in [5.74, 6) is -0.499. The van der Waals surface area contributed by atoms with E-state index in [1.54, 1.807) is 6.08 Å². The molecule has 0 radical (unpaired) electrons. The molecule has 6 nitrogen and oxygen atoms in total. The number of carbonyl (C=O) groups is 3. The van der Waals surface area contributed by atoms with Crippen molar-refractivity contribution in [2.45, 2.75) is 39.8 Å². The summed E-state index contributed by atoms with van der Waals surface area (Å²) >= 11 is 0.707. The van der Waals surface area contributed by atoms with Crippen molar-refractivity contribution >= 4 is 40.6 Å². The first-order valence-corrected chi connectivity index (χ1v) is 11.7. The molecule has 0 aromatic heterocycles. The van der Waals surface area contributed by atoms with Crippen molar-refractivity contribution in [3.63, 3.8) is 0 Å². The molecule has 0 spiro atoms. The van der Waals surface area contributed by atoms with Gasteiger partial charge in [0.25, 0.3) is 11.1 Å². The highest BCUT2D eigenvalue weighted by Crippen LogP contribution is 2.36. The molecule has 1 heterocycles. The highest BCUT2D eigenvalue weighted by molar-refractivity contribution is 8.18. The molecule has 0 bridgehead atoms. The molecule has 0 unspecified atom stereocenters. The Morgan fingerprint density at radius 2 is 1.91 bits per heavy atom. The number of alkyl halides is 3. The van der Waals surface area contributed by atoms with Crippen LogP contribution in [-0.4, -0.2) is 35.1 Å². The van der Waals surface area contributed by atoms with Crippen molar-refractivity contribution in [3.8, 4) is 5.75 Å². The number of imide groups is 1. The maximum Gasteiger partial charge on any atom is 0.416 e. The van der Waals surface area contributed by atoms with E-state index in [1.165, 1.54) is 6.07 Å². The van der Waals surface area contributed by atoms with E-state index in [4.69, 9.17) is 4.74 Å². The predicted octanol–water partition coefficient (Wildman–Crippen LogP) is 6.21. The number of anilines is 1. The van der Waals surface area contributed by atoms with E-state index in [-0.39, 0.29) is 16.5 Å². The minimum Gasteiger partial charge on any atom is -0.494 e. The highest BCUT2D eigenvalue weighted by Gasteiger charge is 2.36. The monoisotopic (exact) mass is 506 g/mol. The van der Waals surface area contributed by atoms with E-state index in [0.29, 0.717) is 18.4 Å². The fraction of sp³-hybridized carbons (Fsp3) is 0.320. The Morgan fingerprint density at radius 1 is 1.20 bits per heavy atom.